The third-order valence-electron chi connectivity index (χ3n) is 9.41. The zero-order valence-corrected chi connectivity index (χ0v) is 26.7. The van der Waals surface area contributed by atoms with Gasteiger partial charge in [0, 0.05) is 50.9 Å². The Morgan fingerprint density at radius 2 is 1.87 bits per heavy atom. The SMILES string of the molecule is CCC(=O)N[C@@H](C(=O)N1CCN(C)CC1)[C@@H](C)c1ccc(NC(=O)[C@H](C2CCCCC2)N(C=O)c2coc3ccncc23)c(F)c1. The van der Waals surface area contributed by atoms with Crippen molar-refractivity contribution in [3.05, 3.63) is 54.3 Å². The molecule has 246 valence electrons. The molecule has 1 aliphatic carbocycles. The number of likely N-dealkylation sites (N-methyl/N-ethyl adjacent to an activating group) is 1. The van der Waals surface area contributed by atoms with Gasteiger partial charge in [-0.3, -0.25) is 29.1 Å². The van der Waals surface area contributed by atoms with Crippen molar-refractivity contribution in [2.75, 3.05) is 43.4 Å². The summed E-state index contributed by atoms with van der Waals surface area (Å²) in [5, 5.41) is 6.19. The zero-order valence-electron chi connectivity index (χ0n) is 26.7. The van der Waals surface area contributed by atoms with Crippen LogP contribution >= 0.6 is 0 Å². The third kappa shape index (κ3) is 7.22. The summed E-state index contributed by atoms with van der Waals surface area (Å²) in [6, 6.07) is 4.35. The molecule has 3 atom stereocenters. The Balaban J connectivity index is 1.38. The number of amides is 4. The number of halogens is 1. The first kappa shape index (κ1) is 33.1. The van der Waals surface area contributed by atoms with Crippen molar-refractivity contribution in [2.45, 2.75) is 70.4 Å². The maximum absolute atomic E-state index is 15.7. The fourth-order valence-corrected chi connectivity index (χ4v) is 6.56. The van der Waals surface area contributed by atoms with Gasteiger partial charge in [-0.25, -0.2) is 4.39 Å². The highest BCUT2D eigenvalue weighted by atomic mass is 19.1. The molecule has 0 radical (unpaired) electrons. The highest BCUT2D eigenvalue weighted by Gasteiger charge is 2.37. The van der Waals surface area contributed by atoms with Gasteiger partial charge in [-0.15, -0.1) is 0 Å². The van der Waals surface area contributed by atoms with Crippen molar-refractivity contribution in [2.24, 2.45) is 5.92 Å². The second-order valence-corrected chi connectivity index (χ2v) is 12.4. The predicted octanol–water partition coefficient (Wildman–Crippen LogP) is 4.29. The van der Waals surface area contributed by atoms with Gasteiger partial charge >= 0.3 is 0 Å². The topological polar surface area (TPSA) is 128 Å². The number of fused-ring (bicyclic) bond motifs is 1. The van der Waals surface area contributed by atoms with Crippen LogP contribution in [-0.4, -0.2) is 84.2 Å². The van der Waals surface area contributed by atoms with Crippen LogP contribution < -0.4 is 15.5 Å². The quantitative estimate of drug-likeness (QED) is 0.301. The molecule has 2 aromatic heterocycles. The van der Waals surface area contributed by atoms with Gasteiger partial charge in [-0.05, 0) is 49.6 Å². The number of nitrogens with one attached hydrogen (secondary N) is 2. The van der Waals surface area contributed by atoms with Crippen molar-refractivity contribution in [1.82, 2.24) is 20.1 Å². The number of benzene rings is 1. The maximum Gasteiger partial charge on any atom is 0.247 e. The summed E-state index contributed by atoms with van der Waals surface area (Å²) in [5.74, 6) is -2.32. The molecule has 3 heterocycles. The highest BCUT2D eigenvalue weighted by Crippen LogP contribution is 2.36. The summed E-state index contributed by atoms with van der Waals surface area (Å²) >= 11 is 0. The van der Waals surface area contributed by atoms with E-state index in [0.717, 1.165) is 45.2 Å². The number of hydrogen-bond donors (Lipinski definition) is 2. The molecule has 0 unspecified atom stereocenters. The number of furan rings is 1. The van der Waals surface area contributed by atoms with Gasteiger partial charge in [0.1, 0.15) is 29.7 Å². The molecular formula is C34H43FN6O5. The Bertz CT molecular complexity index is 1550. The Labute approximate surface area is 268 Å². The number of nitrogens with zero attached hydrogens (tertiary/aromatic N) is 4. The van der Waals surface area contributed by atoms with Gasteiger partial charge in [-0.1, -0.05) is 39.2 Å². The number of pyridine rings is 1. The van der Waals surface area contributed by atoms with E-state index in [1.165, 1.54) is 23.3 Å². The number of carbonyl (C=O) groups is 4. The zero-order chi connectivity index (χ0) is 32.8. The van der Waals surface area contributed by atoms with E-state index in [1.807, 2.05) is 7.05 Å². The average molecular weight is 635 g/mol. The first-order valence-electron chi connectivity index (χ1n) is 16.1. The Morgan fingerprint density at radius 3 is 2.54 bits per heavy atom. The fourth-order valence-electron chi connectivity index (χ4n) is 6.56. The van der Waals surface area contributed by atoms with Crippen LogP contribution in [0.3, 0.4) is 0 Å². The first-order valence-corrected chi connectivity index (χ1v) is 16.1. The summed E-state index contributed by atoms with van der Waals surface area (Å²) in [6.07, 6.45) is 9.86. The number of rotatable bonds is 11. The van der Waals surface area contributed by atoms with Crippen molar-refractivity contribution in [3.63, 3.8) is 0 Å². The summed E-state index contributed by atoms with van der Waals surface area (Å²) < 4.78 is 21.4. The van der Waals surface area contributed by atoms with Gasteiger partial charge in [0.05, 0.1) is 16.8 Å². The molecule has 0 spiro atoms. The van der Waals surface area contributed by atoms with E-state index in [1.54, 1.807) is 43.3 Å². The Hall–Kier alpha value is -4.32. The summed E-state index contributed by atoms with van der Waals surface area (Å²) in [7, 11) is 1.99. The molecule has 11 nitrogen and oxygen atoms in total. The second-order valence-electron chi connectivity index (χ2n) is 12.4. The van der Waals surface area contributed by atoms with Crippen LogP contribution in [0.2, 0.25) is 0 Å². The number of hydrogen-bond acceptors (Lipinski definition) is 7. The number of carbonyl (C=O) groups excluding carboxylic acids is 4. The third-order valence-corrected chi connectivity index (χ3v) is 9.41. The lowest BCUT2D eigenvalue weighted by atomic mass is 9.82. The second kappa shape index (κ2) is 14.8. The summed E-state index contributed by atoms with van der Waals surface area (Å²) in [6.45, 7) is 6.05. The summed E-state index contributed by atoms with van der Waals surface area (Å²) in [4.78, 5) is 61.9. The van der Waals surface area contributed by atoms with Gasteiger partial charge in [0.25, 0.3) is 0 Å². The number of aromatic nitrogens is 1. The van der Waals surface area contributed by atoms with E-state index >= 15 is 4.39 Å². The molecule has 1 aliphatic heterocycles. The maximum atomic E-state index is 15.7. The van der Waals surface area contributed by atoms with E-state index < -0.39 is 29.7 Å². The predicted molar refractivity (Wildman–Crippen MR) is 173 cm³/mol. The minimum Gasteiger partial charge on any atom is -0.462 e. The highest BCUT2D eigenvalue weighted by molar-refractivity contribution is 6.04. The largest absolute Gasteiger partial charge is 0.462 e. The molecular weight excluding hydrogens is 591 g/mol. The Kier molecular flexibility index (Phi) is 10.7. The van der Waals surface area contributed by atoms with Crippen LogP contribution in [0.15, 0.2) is 47.3 Å². The molecule has 2 fully saturated rings. The molecule has 4 amide bonds. The van der Waals surface area contributed by atoms with Crippen LogP contribution in [0, 0.1) is 11.7 Å². The average Bonchev–Trinajstić information content (AvgIpc) is 3.50. The van der Waals surface area contributed by atoms with Crippen LogP contribution in [0.4, 0.5) is 15.8 Å². The first-order chi connectivity index (χ1) is 22.2. The molecule has 3 aromatic rings. The standard InChI is InChI=1S/C34H43FN6O5/c1-4-30(43)38-31(34(45)40-16-14-39(3)15-17-40)22(2)24-10-11-27(26(35)18-24)37-33(44)32(23-8-6-5-7-9-23)41(21-42)28-20-46-29-12-13-36-19-25(28)29/h10-13,18-23,31-32H,4-9,14-17H2,1-3H3,(H,37,44)(H,38,43)/t22-,31+,32-/m0/s1. The van der Waals surface area contributed by atoms with E-state index in [4.69, 9.17) is 4.42 Å². The van der Waals surface area contributed by atoms with E-state index in [9.17, 15) is 19.2 Å². The van der Waals surface area contributed by atoms with Gasteiger partial charge in [0.15, 0.2) is 0 Å². The van der Waals surface area contributed by atoms with Crippen molar-refractivity contribution in [1.29, 1.82) is 0 Å². The normalized spacial score (nSPS) is 18.0. The van der Waals surface area contributed by atoms with Gasteiger partial charge < -0.3 is 24.9 Å². The Morgan fingerprint density at radius 1 is 1.13 bits per heavy atom. The molecule has 12 heteroatoms. The van der Waals surface area contributed by atoms with E-state index in [2.05, 4.69) is 20.5 Å². The van der Waals surface area contributed by atoms with Crippen LogP contribution in [0.1, 0.15) is 63.9 Å². The number of anilines is 2. The fraction of sp³-hybridized carbons (Fsp3) is 0.500. The van der Waals surface area contributed by atoms with Crippen molar-refractivity contribution >= 4 is 46.5 Å². The minimum absolute atomic E-state index is 0.0362. The molecule has 1 saturated carbocycles. The molecule has 2 aliphatic rings. The monoisotopic (exact) mass is 634 g/mol. The van der Waals surface area contributed by atoms with Gasteiger partial charge in [0.2, 0.25) is 24.1 Å². The molecule has 1 aromatic carbocycles. The molecule has 2 N–H and O–H groups in total. The van der Waals surface area contributed by atoms with Crippen LogP contribution in [-0.2, 0) is 19.2 Å². The van der Waals surface area contributed by atoms with Crippen LogP contribution in [0.5, 0.6) is 0 Å². The molecule has 1 saturated heterocycles. The lowest BCUT2D eigenvalue weighted by Gasteiger charge is -2.36. The lowest BCUT2D eigenvalue weighted by molar-refractivity contribution is -0.138. The molecule has 5 rings (SSSR count). The number of piperazine rings is 1. The molecule has 0 bridgehead atoms. The minimum atomic E-state index is -0.897. The van der Waals surface area contributed by atoms with Crippen molar-refractivity contribution in [3.8, 4) is 0 Å². The summed E-state index contributed by atoms with van der Waals surface area (Å²) in [5.41, 5.74) is 1.44. The lowest BCUT2D eigenvalue weighted by Crippen LogP contribution is -2.55. The van der Waals surface area contributed by atoms with E-state index in [-0.39, 0.29) is 29.8 Å². The smallest absolute Gasteiger partial charge is 0.247 e. The van der Waals surface area contributed by atoms with Crippen molar-refractivity contribution < 1.29 is 28.0 Å². The van der Waals surface area contributed by atoms with Gasteiger partial charge in [-0.2, -0.15) is 0 Å². The van der Waals surface area contributed by atoms with E-state index in [0.29, 0.717) is 41.7 Å². The molecule has 46 heavy (non-hydrogen) atoms. The van der Waals surface area contributed by atoms with Crippen LogP contribution in [0.25, 0.3) is 11.0 Å².